The summed E-state index contributed by atoms with van der Waals surface area (Å²) in [5.41, 5.74) is -1.48. The fraction of sp³-hybridized carbons (Fsp3) is 0.692. The van der Waals surface area contributed by atoms with E-state index in [-0.39, 0.29) is 13.1 Å². The summed E-state index contributed by atoms with van der Waals surface area (Å²) in [7, 11) is -4.49. The number of hydroxylamine groups is 2. The maximum Gasteiger partial charge on any atom is 0.489 e. The number of aromatic amines is 1. The van der Waals surface area contributed by atoms with Crippen molar-refractivity contribution < 1.29 is 38.3 Å². The predicted octanol–water partition coefficient (Wildman–Crippen LogP) is -2.46. The highest BCUT2D eigenvalue weighted by Crippen LogP contribution is 2.45. The zero-order valence-corrected chi connectivity index (χ0v) is 14.9. The van der Waals surface area contributed by atoms with Gasteiger partial charge in [0, 0.05) is 25.4 Å². The van der Waals surface area contributed by atoms with Gasteiger partial charge in [-0.15, -0.1) is 0 Å². The van der Waals surface area contributed by atoms with Gasteiger partial charge in [0.1, 0.15) is 18.3 Å². The van der Waals surface area contributed by atoms with Crippen LogP contribution in [0.5, 0.6) is 0 Å². The average Bonchev–Trinajstić information content (AvgIpc) is 2.89. The van der Waals surface area contributed by atoms with Crippen molar-refractivity contribution >= 4 is 7.82 Å². The molecule has 14 heteroatoms. The highest BCUT2D eigenvalue weighted by molar-refractivity contribution is 7.47. The Morgan fingerprint density at radius 3 is 2.63 bits per heavy atom. The molecule has 2 aliphatic heterocycles. The summed E-state index contributed by atoms with van der Waals surface area (Å²) in [6, 6.07) is 1.05. The van der Waals surface area contributed by atoms with Gasteiger partial charge in [-0.2, -0.15) is 9.69 Å². The molecule has 1 unspecified atom stereocenters. The van der Waals surface area contributed by atoms with Crippen LogP contribution in [0.2, 0.25) is 0 Å². The van der Waals surface area contributed by atoms with Crippen LogP contribution in [0.3, 0.4) is 0 Å². The van der Waals surface area contributed by atoms with Gasteiger partial charge in [-0.25, -0.2) is 9.36 Å². The quantitative estimate of drug-likeness (QED) is 0.367. The Kier molecular flexibility index (Phi) is 6.25. The molecule has 0 saturated carbocycles. The summed E-state index contributed by atoms with van der Waals surface area (Å²) >= 11 is 0. The second-order valence-corrected chi connectivity index (χ2v) is 7.31. The summed E-state index contributed by atoms with van der Waals surface area (Å²) in [4.78, 5) is 34.7. The molecular formula is C13H20N3O10P. The number of phosphoric ester groups is 1. The lowest BCUT2D eigenvalue weighted by Gasteiger charge is -2.27. The molecule has 0 amide bonds. The number of ether oxygens (including phenoxy) is 2. The number of aliphatic hydroxyl groups excluding tert-OH is 2. The van der Waals surface area contributed by atoms with Crippen molar-refractivity contribution in [1.82, 2.24) is 14.6 Å². The number of aliphatic hydroxyl groups is 2. The molecular weight excluding hydrogens is 389 g/mol. The Morgan fingerprint density at radius 2 is 1.96 bits per heavy atom. The smallest absolute Gasteiger partial charge is 0.387 e. The largest absolute Gasteiger partial charge is 0.489 e. The molecule has 3 rings (SSSR count). The Labute approximate surface area is 152 Å². The number of hydrogen-bond acceptors (Lipinski definition) is 10. The van der Waals surface area contributed by atoms with E-state index in [0.29, 0.717) is 13.2 Å². The summed E-state index contributed by atoms with van der Waals surface area (Å²) < 4.78 is 33.1. The highest BCUT2D eigenvalue weighted by Gasteiger charge is 2.45. The molecule has 5 atom stereocenters. The van der Waals surface area contributed by atoms with Crippen LogP contribution in [0.15, 0.2) is 21.9 Å². The van der Waals surface area contributed by atoms with Gasteiger partial charge in [-0.05, 0) is 0 Å². The Bertz CT molecular complexity index is 806. The van der Waals surface area contributed by atoms with E-state index in [9.17, 15) is 29.3 Å². The zero-order chi connectivity index (χ0) is 19.6. The van der Waals surface area contributed by atoms with E-state index in [2.05, 4.69) is 0 Å². The number of morpholine rings is 1. The fourth-order valence-corrected chi connectivity index (χ4v) is 3.53. The summed E-state index contributed by atoms with van der Waals surface area (Å²) in [6.45, 7) is 0.669. The third-order valence-electron chi connectivity index (χ3n) is 4.05. The monoisotopic (exact) mass is 409 g/mol. The fourth-order valence-electron chi connectivity index (χ4n) is 2.69. The van der Waals surface area contributed by atoms with Crippen LogP contribution in [0, 0.1) is 0 Å². The summed E-state index contributed by atoms with van der Waals surface area (Å²) in [6.07, 6.45) is -4.45. The first-order valence-electron chi connectivity index (χ1n) is 8.10. The van der Waals surface area contributed by atoms with Crippen LogP contribution < -0.4 is 11.2 Å². The van der Waals surface area contributed by atoms with E-state index in [1.165, 1.54) is 5.06 Å². The number of phosphoric acid groups is 1. The van der Waals surface area contributed by atoms with Gasteiger partial charge in [0.05, 0.1) is 19.8 Å². The van der Waals surface area contributed by atoms with Crippen LogP contribution in [0.25, 0.3) is 0 Å². The molecule has 0 radical (unpaired) electrons. The molecule has 1 aromatic heterocycles. The molecule has 0 spiro atoms. The van der Waals surface area contributed by atoms with Crippen molar-refractivity contribution in [3.8, 4) is 0 Å². The molecule has 2 saturated heterocycles. The maximum absolute atomic E-state index is 12.0. The van der Waals surface area contributed by atoms with Crippen LogP contribution in [0.1, 0.15) is 6.23 Å². The zero-order valence-electron chi connectivity index (χ0n) is 14.0. The first kappa shape index (κ1) is 20.3. The van der Waals surface area contributed by atoms with Crippen molar-refractivity contribution in [3.05, 3.63) is 33.1 Å². The number of hydrogen-bond donors (Lipinski definition) is 4. The van der Waals surface area contributed by atoms with Gasteiger partial charge >= 0.3 is 13.5 Å². The molecule has 27 heavy (non-hydrogen) atoms. The molecule has 2 aliphatic rings. The number of nitrogens with zero attached hydrogens (tertiary/aromatic N) is 2. The first-order chi connectivity index (χ1) is 12.8. The average molecular weight is 409 g/mol. The van der Waals surface area contributed by atoms with Crippen LogP contribution in [-0.4, -0.2) is 80.9 Å². The van der Waals surface area contributed by atoms with Crippen molar-refractivity contribution in [2.45, 2.75) is 24.5 Å². The number of rotatable bonds is 6. The van der Waals surface area contributed by atoms with Gasteiger partial charge in [0.15, 0.2) is 6.23 Å². The lowest BCUT2D eigenvalue weighted by Crippen LogP contribution is -2.37. The minimum atomic E-state index is -4.49. The highest BCUT2D eigenvalue weighted by atomic mass is 31.2. The van der Waals surface area contributed by atoms with Gasteiger partial charge < -0.3 is 24.6 Å². The molecule has 3 heterocycles. The van der Waals surface area contributed by atoms with Crippen LogP contribution in [-0.2, 0) is 23.2 Å². The van der Waals surface area contributed by atoms with E-state index in [4.69, 9.17) is 18.6 Å². The SMILES string of the molecule is O=c1ccn([C@@H]2O[C@H](COP(=O)(O)ON3CCOCC3)[C@@H](O)[C@H]2O)c(=O)[nH]1. The van der Waals surface area contributed by atoms with Crippen molar-refractivity contribution in [2.24, 2.45) is 0 Å². The topological polar surface area (TPSA) is 173 Å². The molecule has 0 aromatic carbocycles. The molecule has 0 bridgehead atoms. The second-order valence-electron chi connectivity index (χ2n) is 5.95. The molecule has 4 N–H and O–H groups in total. The first-order valence-corrected chi connectivity index (χ1v) is 9.59. The molecule has 2 fully saturated rings. The Morgan fingerprint density at radius 1 is 1.26 bits per heavy atom. The molecule has 0 aliphatic carbocycles. The van der Waals surface area contributed by atoms with E-state index in [1.54, 1.807) is 0 Å². The number of H-pyrrole nitrogens is 1. The van der Waals surface area contributed by atoms with Crippen LogP contribution in [0.4, 0.5) is 0 Å². The third-order valence-corrected chi connectivity index (χ3v) is 4.97. The minimum Gasteiger partial charge on any atom is -0.387 e. The number of aromatic nitrogens is 2. The molecule has 152 valence electrons. The Hall–Kier alpha value is -1.41. The number of nitrogens with one attached hydrogen (secondary N) is 1. The van der Waals surface area contributed by atoms with Gasteiger partial charge in [-0.3, -0.25) is 18.9 Å². The Balaban J connectivity index is 1.61. The van der Waals surface area contributed by atoms with Crippen molar-refractivity contribution in [3.63, 3.8) is 0 Å². The van der Waals surface area contributed by atoms with Gasteiger partial charge in [-0.1, -0.05) is 0 Å². The third kappa shape index (κ3) is 4.90. The predicted molar refractivity (Wildman–Crippen MR) is 86.5 cm³/mol. The standard InChI is InChI=1S/C13H20N3O10P/c17-9-1-2-16(13(20)14-9)12-11(19)10(18)8(25-12)7-24-27(21,22)26-15-3-5-23-6-4-15/h1-2,8,10-12,18-19H,3-7H2,(H,21,22)(H,14,17,20)/t8-,10-,11-,12-/m1/s1. The summed E-state index contributed by atoms with van der Waals surface area (Å²) in [5, 5.41) is 21.4. The summed E-state index contributed by atoms with van der Waals surface area (Å²) in [5.74, 6) is 0. The second kappa shape index (κ2) is 8.31. The van der Waals surface area contributed by atoms with Crippen molar-refractivity contribution in [2.75, 3.05) is 32.9 Å². The maximum atomic E-state index is 12.0. The van der Waals surface area contributed by atoms with Gasteiger partial charge in [0.25, 0.3) is 5.56 Å². The van der Waals surface area contributed by atoms with E-state index in [0.717, 1.165) is 16.8 Å². The van der Waals surface area contributed by atoms with E-state index >= 15 is 0 Å². The molecule has 1 aromatic rings. The van der Waals surface area contributed by atoms with Crippen molar-refractivity contribution in [1.29, 1.82) is 0 Å². The lowest BCUT2D eigenvalue weighted by molar-refractivity contribution is -0.139. The lowest BCUT2D eigenvalue weighted by atomic mass is 10.1. The minimum absolute atomic E-state index is 0.284. The molecule has 13 nitrogen and oxygen atoms in total. The van der Waals surface area contributed by atoms with Crippen LogP contribution >= 0.6 is 7.82 Å². The van der Waals surface area contributed by atoms with E-state index < -0.39 is 50.2 Å². The van der Waals surface area contributed by atoms with Gasteiger partial charge in [0.2, 0.25) is 0 Å². The van der Waals surface area contributed by atoms with E-state index in [1.807, 2.05) is 4.98 Å². The normalized spacial score (nSPS) is 31.7.